The fraction of sp³-hybridized carbons (Fsp3) is 0.848. The number of aromatic nitrogens is 1. The first kappa shape index (κ1) is 57.0. The van der Waals surface area contributed by atoms with Crippen LogP contribution in [0.2, 0.25) is 54.4 Å². The zero-order chi connectivity index (χ0) is 48.5. The van der Waals surface area contributed by atoms with Crippen LogP contribution in [0.25, 0.3) is 6.08 Å². The Bertz CT molecular complexity index is 1820. The van der Waals surface area contributed by atoms with Crippen molar-refractivity contribution < 1.29 is 45.3 Å². The first-order valence-corrected chi connectivity index (χ1v) is 33.9. The summed E-state index contributed by atoms with van der Waals surface area (Å²) in [5.74, 6) is -1.72. The number of epoxide rings is 1. The maximum absolute atomic E-state index is 14.9. The number of ketones is 1. The standard InChI is InChI=1S/C46H87NO10S2Si3/c1-31(40(57-62(21,22)44(11,12)13)33(3)41(50)45(14,15)37(28-39(48)49)56-61(19,20)43(8,9)10)24-23-25-46(30-53-59(16,51)52)38(54-46)27-36(55-60(17,18)42(5,6)7)32(2)26-35-29-58-34(4)47-35/h26,29,31,33,36-38,40H,23-25,27-28,30H2,1-22H3,(H,48,49)/b32-26+/t31?,33?,36-,37-,38?,40-,46-/m0/s1. The molecule has 1 aromatic heterocycles. The summed E-state index contributed by atoms with van der Waals surface area (Å²) in [6.45, 7) is 44.2. The number of nitrogens with zero attached hydrogens (tertiary/aromatic N) is 1. The van der Waals surface area contributed by atoms with Gasteiger partial charge in [0.1, 0.15) is 11.4 Å². The minimum Gasteiger partial charge on any atom is -0.481 e. The number of carboxylic acids is 1. The Morgan fingerprint density at radius 1 is 0.903 bits per heavy atom. The van der Waals surface area contributed by atoms with Gasteiger partial charge in [-0.05, 0) is 98.7 Å². The van der Waals surface area contributed by atoms with Crippen LogP contribution in [0.5, 0.6) is 0 Å². The molecule has 62 heavy (non-hydrogen) atoms. The van der Waals surface area contributed by atoms with Crippen molar-refractivity contribution in [2.75, 3.05) is 12.9 Å². The number of rotatable bonds is 24. The molecule has 1 aromatic rings. The summed E-state index contributed by atoms with van der Waals surface area (Å²) in [5.41, 5.74) is -0.0235. The molecule has 3 unspecified atom stereocenters. The maximum atomic E-state index is 14.9. The van der Waals surface area contributed by atoms with Gasteiger partial charge in [0.05, 0.1) is 54.4 Å². The number of carbonyl (C=O) groups is 2. The molecular weight excluding hydrogens is 875 g/mol. The fourth-order valence-electron chi connectivity index (χ4n) is 7.11. The van der Waals surface area contributed by atoms with E-state index in [9.17, 15) is 23.1 Å². The van der Waals surface area contributed by atoms with Crippen LogP contribution in [0.15, 0.2) is 11.0 Å². The minimum absolute atomic E-state index is 0.0362. The Kier molecular flexibility index (Phi) is 18.8. The summed E-state index contributed by atoms with van der Waals surface area (Å²) in [5, 5.41) is 12.7. The number of aliphatic carboxylic acids is 1. The van der Waals surface area contributed by atoms with Gasteiger partial charge in [0.15, 0.2) is 25.0 Å². The van der Waals surface area contributed by atoms with Gasteiger partial charge >= 0.3 is 5.97 Å². The van der Waals surface area contributed by atoms with Crippen molar-refractivity contribution in [3.05, 3.63) is 21.7 Å². The van der Waals surface area contributed by atoms with Gasteiger partial charge in [0, 0.05) is 23.1 Å². The van der Waals surface area contributed by atoms with Crippen molar-refractivity contribution in [2.24, 2.45) is 17.3 Å². The molecule has 360 valence electrons. The summed E-state index contributed by atoms with van der Waals surface area (Å²) in [4.78, 5) is 31.8. The van der Waals surface area contributed by atoms with Crippen LogP contribution < -0.4 is 0 Å². The molecule has 2 rings (SSSR count). The summed E-state index contributed by atoms with van der Waals surface area (Å²) >= 11 is 1.60. The third kappa shape index (κ3) is 15.5. The topological polar surface area (TPSA) is 151 Å². The van der Waals surface area contributed by atoms with E-state index in [0.717, 1.165) is 22.5 Å². The number of ether oxygens (including phenoxy) is 1. The van der Waals surface area contributed by atoms with E-state index in [1.807, 2.05) is 33.1 Å². The van der Waals surface area contributed by atoms with Crippen LogP contribution in [-0.4, -0.2) is 98.1 Å². The number of Topliss-reactive ketones (excluding diaryl/α,β-unsaturated/α-hetero) is 1. The number of carbonyl (C=O) groups excluding carboxylic acids is 1. The summed E-state index contributed by atoms with van der Waals surface area (Å²) in [6, 6.07) is 0. The molecule has 0 spiro atoms. The lowest BCUT2D eigenvalue weighted by Crippen LogP contribution is -2.54. The smallest absolute Gasteiger partial charge is 0.305 e. The van der Waals surface area contributed by atoms with E-state index in [4.69, 9.17) is 22.2 Å². The molecule has 1 aliphatic rings. The molecule has 0 radical (unpaired) electrons. The van der Waals surface area contributed by atoms with Crippen molar-refractivity contribution in [1.29, 1.82) is 0 Å². The predicted octanol–water partition coefficient (Wildman–Crippen LogP) is 12.0. The molecule has 1 fully saturated rings. The Hall–Kier alpha value is -1.09. The predicted molar refractivity (Wildman–Crippen MR) is 263 cm³/mol. The molecule has 2 heterocycles. The Balaban J connectivity index is 2.49. The highest BCUT2D eigenvalue weighted by Gasteiger charge is 2.58. The second-order valence-corrected chi connectivity index (χ2v) is 40.4. The fourth-order valence-corrected chi connectivity index (χ4v) is 12.4. The van der Waals surface area contributed by atoms with E-state index < -0.39 is 70.2 Å². The monoisotopic (exact) mass is 962 g/mol. The highest BCUT2D eigenvalue weighted by atomic mass is 32.2. The van der Waals surface area contributed by atoms with Crippen LogP contribution in [0.4, 0.5) is 0 Å². The van der Waals surface area contributed by atoms with E-state index in [1.165, 1.54) is 0 Å². The van der Waals surface area contributed by atoms with Crippen LogP contribution in [0.3, 0.4) is 0 Å². The maximum Gasteiger partial charge on any atom is 0.305 e. The zero-order valence-electron chi connectivity index (χ0n) is 42.7. The molecule has 0 aromatic carbocycles. The molecular formula is C46H87NO10S2Si3. The van der Waals surface area contributed by atoms with E-state index in [0.29, 0.717) is 25.7 Å². The third-order valence-electron chi connectivity index (χ3n) is 14.6. The van der Waals surface area contributed by atoms with Gasteiger partial charge in [0.25, 0.3) is 10.1 Å². The van der Waals surface area contributed by atoms with Crippen LogP contribution in [-0.2, 0) is 41.9 Å². The molecule has 1 N–H and O–H groups in total. The third-order valence-corrected chi connectivity index (χ3v) is 29.4. The van der Waals surface area contributed by atoms with Gasteiger partial charge in [-0.2, -0.15) is 8.42 Å². The molecule has 16 heteroatoms. The van der Waals surface area contributed by atoms with Crippen LogP contribution >= 0.6 is 11.3 Å². The number of hydrogen-bond acceptors (Lipinski definition) is 11. The average molecular weight is 963 g/mol. The molecule has 7 atom stereocenters. The minimum atomic E-state index is -3.75. The molecule has 11 nitrogen and oxygen atoms in total. The van der Waals surface area contributed by atoms with Gasteiger partial charge in [-0.1, -0.05) is 96.4 Å². The Morgan fingerprint density at radius 3 is 1.85 bits per heavy atom. The van der Waals surface area contributed by atoms with E-state index in [-0.39, 0.29) is 52.1 Å². The van der Waals surface area contributed by atoms with Crippen molar-refractivity contribution >= 4 is 64.2 Å². The summed E-state index contributed by atoms with van der Waals surface area (Å²) < 4.78 is 57.8. The largest absolute Gasteiger partial charge is 0.481 e. The average Bonchev–Trinajstić information content (AvgIpc) is 3.59. The summed E-state index contributed by atoms with van der Waals surface area (Å²) in [7, 11) is -10.9. The molecule has 1 aliphatic heterocycles. The lowest BCUT2D eigenvalue weighted by molar-refractivity contribution is -0.146. The van der Waals surface area contributed by atoms with E-state index in [2.05, 4.69) is 127 Å². The van der Waals surface area contributed by atoms with Crippen LogP contribution in [0, 0.1) is 24.2 Å². The van der Waals surface area contributed by atoms with Crippen molar-refractivity contribution in [2.45, 2.75) is 220 Å². The number of aryl methyl sites for hydroxylation is 1. The molecule has 0 amide bonds. The summed E-state index contributed by atoms with van der Waals surface area (Å²) in [6.07, 6.45) is 3.45. The lowest BCUT2D eigenvalue weighted by atomic mass is 9.73. The quantitative estimate of drug-likeness (QED) is 0.0599. The first-order chi connectivity index (χ1) is 27.6. The lowest BCUT2D eigenvalue weighted by Gasteiger charge is -2.46. The number of thiazole rings is 1. The van der Waals surface area contributed by atoms with E-state index >= 15 is 0 Å². The Labute approximate surface area is 384 Å². The van der Waals surface area contributed by atoms with Gasteiger partial charge < -0.3 is 23.1 Å². The highest BCUT2D eigenvalue weighted by Crippen LogP contribution is 2.49. The molecule has 0 bridgehead atoms. The molecule has 0 aliphatic carbocycles. The SMILES string of the molecule is C/C(=C\c1csc(C)n1)[C@H](CC1O[C@@]1(CCCC(C)[C@H](O[Si](C)(C)C(C)(C)C)C(C)C(=O)C(C)(C)[C@H](CC(=O)O)O[Si](C)(C)C(C)(C)C)COS(C)(=O)=O)O[Si](C)(C)C(C)(C)C. The van der Waals surface area contributed by atoms with Gasteiger partial charge in [-0.15, -0.1) is 11.3 Å². The van der Waals surface area contributed by atoms with E-state index in [1.54, 1.807) is 11.3 Å². The van der Waals surface area contributed by atoms with Crippen molar-refractivity contribution in [3.8, 4) is 0 Å². The second kappa shape index (κ2) is 20.4. The number of carboxylic acid groups (broad SMARTS) is 1. The highest BCUT2D eigenvalue weighted by molar-refractivity contribution is 7.86. The van der Waals surface area contributed by atoms with Gasteiger partial charge in [-0.25, -0.2) is 4.98 Å². The van der Waals surface area contributed by atoms with Gasteiger partial charge in [-0.3, -0.25) is 13.8 Å². The molecule has 1 saturated heterocycles. The first-order valence-electron chi connectivity index (χ1n) is 22.5. The Morgan fingerprint density at radius 2 is 1.40 bits per heavy atom. The van der Waals surface area contributed by atoms with Crippen LogP contribution in [0.1, 0.15) is 140 Å². The zero-order valence-corrected chi connectivity index (χ0v) is 47.4. The van der Waals surface area contributed by atoms with Crippen molar-refractivity contribution in [3.63, 3.8) is 0 Å². The van der Waals surface area contributed by atoms with Gasteiger partial charge in [0.2, 0.25) is 0 Å². The normalized spacial score (nSPS) is 21.3. The number of hydrogen-bond donors (Lipinski definition) is 1. The second-order valence-electron chi connectivity index (χ2n) is 23.5. The van der Waals surface area contributed by atoms with Crippen molar-refractivity contribution in [1.82, 2.24) is 4.98 Å². The molecule has 0 saturated carbocycles.